The van der Waals surface area contributed by atoms with Gasteiger partial charge in [0.2, 0.25) is 0 Å². The van der Waals surface area contributed by atoms with Crippen molar-refractivity contribution in [3.8, 4) is 11.1 Å². The third-order valence-corrected chi connectivity index (χ3v) is 6.32. The molecule has 0 spiro atoms. The van der Waals surface area contributed by atoms with Crippen LogP contribution in [0.2, 0.25) is 0 Å². The zero-order valence-corrected chi connectivity index (χ0v) is 16.4. The molecule has 2 fully saturated rings. The van der Waals surface area contributed by atoms with E-state index in [-0.39, 0.29) is 30.2 Å². The number of fused-ring (bicyclic) bond motifs is 2. The number of esters is 2. The molecule has 2 aromatic rings. The van der Waals surface area contributed by atoms with Gasteiger partial charge in [-0.05, 0) is 42.2 Å². The van der Waals surface area contributed by atoms with Crippen molar-refractivity contribution in [2.24, 2.45) is 23.7 Å². The molecule has 0 aliphatic heterocycles. The molecule has 0 saturated heterocycles. The fourth-order valence-corrected chi connectivity index (χ4v) is 4.90. The summed E-state index contributed by atoms with van der Waals surface area (Å²) in [4.78, 5) is 37.3. The molecule has 2 bridgehead atoms. The van der Waals surface area contributed by atoms with E-state index in [4.69, 9.17) is 9.47 Å². The van der Waals surface area contributed by atoms with Crippen LogP contribution < -0.4 is 0 Å². The molecular weight excluding hydrogens is 368 g/mol. The number of hydrogen-bond acceptors (Lipinski definition) is 5. The second-order valence-electron chi connectivity index (χ2n) is 7.88. The van der Waals surface area contributed by atoms with Gasteiger partial charge in [0.25, 0.3) is 0 Å². The quantitative estimate of drug-likeness (QED) is 0.551. The van der Waals surface area contributed by atoms with Gasteiger partial charge in [-0.15, -0.1) is 0 Å². The monoisotopic (exact) mass is 392 g/mol. The van der Waals surface area contributed by atoms with Crippen LogP contribution in [0.5, 0.6) is 0 Å². The highest BCUT2D eigenvalue weighted by atomic mass is 16.5. The first-order chi connectivity index (χ1) is 14.1. The fourth-order valence-electron chi connectivity index (χ4n) is 4.90. The summed E-state index contributed by atoms with van der Waals surface area (Å²) < 4.78 is 10.2. The lowest BCUT2D eigenvalue weighted by Crippen LogP contribution is -2.37. The maximum absolute atomic E-state index is 12.7. The van der Waals surface area contributed by atoms with Crippen molar-refractivity contribution in [2.45, 2.75) is 19.3 Å². The van der Waals surface area contributed by atoms with Gasteiger partial charge in [0, 0.05) is 5.56 Å². The Morgan fingerprint density at radius 1 is 0.828 bits per heavy atom. The van der Waals surface area contributed by atoms with Crippen molar-refractivity contribution in [2.75, 3.05) is 13.7 Å². The summed E-state index contributed by atoms with van der Waals surface area (Å²) in [6.45, 7) is -0.314. The van der Waals surface area contributed by atoms with E-state index in [9.17, 15) is 14.4 Å². The number of Topliss-reactive ketones (excluding diaryl/α,β-unsaturated/α-hetero) is 1. The van der Waals surface area contributed by atoms with Crippen molar-refractivity contribution >= 4 is 17.7 Å². The van der Waals surface area contributed by atoms with Gasteiger partial charge in [0.15, 0.2) is 12.4 Å². The number of methoxy groups -OCH3 is 1. The zero-order chi connectivity index (χ0) is 20.4. The molecular formula is C24H24O5. The molecule has 4 atom stereocenters. The van der Waals surface area contributed by atoms with Gasteiger partial charge in [-0.25, -0.2) is 0 Å². The minimum absolute atomic E-state index is 0.150. The van der Waals surface area contributed by atoms with Crippen molar-refractivity contribution in [3.05, 3.63) is 60.2 Å². The zero-order valence-electron chi connectivity index (χ0n) is 16.4. The molecule has 2 aliphatic carbocycles. The number of ketones is 1. The van der Waals surface area contributed by atoms with Gasteiger partial charge in [0.1, 0.15) is 0 Å². The minimum atomic E-state index is -0.491. The largest absolute Gasteiger partial charge is 0.469 e. The first kappa shape index (κ1) is 19.4. The third kappa shape index (κ3) is 3.82. The van der Waals surface area contributed by atoms with E-state index in [0.29, 0.717) is 5.56 Å². The number of carbonyl (C=O) groups excluding carboxylic acids is 3. The standard InChI is InChI=1S/C24H24O5/c1-28-23(26)21-18-11-12-19(13-18)22(21)24(27)29-14-20(25)17-9-7-16(8-10-17)15-5-3-2-4-6-15/h2-10,18-19,21-22H,11-14H2,1H3/t18-,19-,21-,22-/m1/s1. The molecule has 4 rings (SSSR count). The van der Waals surface area contributed by atoms with Gasteiger partial charge in [-0.2, -0.15) is 0 Å². The minimum Gasteiger partial charge on any atom is -0.469 e. The molecule has 0 unspecified atom stereocenters. The predicted octanol–water partition coefficient (Wildman–Crippen LogP) is 3.91. The SMILES string of the molecule is COC(=O)[C@@H]1[C@@H]2CC[C@H](C2)[C@H]1C(=O)OCC(=O)c1ccc(-c2ccccc2)cc1. The number of benzene rings is 2. The Kier molecular flexibility index (Phi) is 5.47. The Bertz CT molecular complexity index is 903. The molecule has 0 amide bonds. The molecule has 0 N–H and O–H groups in total. The van der Waals surface area contributed by atoms with E-state index < -0.39 is 17.8 Å². The van der Waals surface area contributed by atoms with Crippen LogP contribution in [0.1, 0.15) is 29.6 Å². The highest BCUT2D eigenvalue weighted by molar-refractivity contribution is 5.98. The van der Waals surface area contributed by atoms with Crippen LogP contribution in [0, 0.1) is 23.7 Å². The van der Waals surface area contributed by atoms with Crippen LogP contribution in [0.25, 0.3) is 11.1 Å². The first-order valence-electron chi connectivity index (χ1n) is 10.0. The molecule has 2 aliphatic rings. The molecule has 2 saturated carbocycles. The summed E-state index contributed by atoms with van der Waals surface area (Å²) in [7, 11) is 1.35. The number of ether oxygens (including phenoxy) is 2. The molecule has 0 radical (unpaired) electrons. The topological polar surface area (TPSA) is 69.7 Å². The van der Waals surface area contributed by atoms with Crippen LogP contribution in [0.3, 0.4) is 0 Å². The lowest BCUT2D eigenvalue weighted by Gasteiger charge is -2.27. The van der Waals surface area contributed by atoms with Crippen molar-refractivity contribution in [1.82, 2.24) is 0 Å². The Morgan fingerprint density at radius 3 is 2.03 bits per heavy atom. The van der Waals surface area contributed by atoms with Gasteiger partial charge >= 0.3 is 11.9 Å². The summed E-state index contributed by atoms with van der Waals surface area (Å²) in [5.74, 6) is -1.65. The number of rotatable bonds is 6. The van der Waals surface area contributed by atoms with E-state index in [1.807, 2.05) is 42.5 Å². The smallest absolute Gasteiger partial charge is 0.310 e. The van der Waals surface area contributed by atoms with Gasteiger partial charge in [-0.3, -0.25) is 14.4 Å². The summed E-state index contributed by atoms with van der Waals surface area (Å²) in [5.41, 5.74) is 2.58. The first-order valence-corrected chi connectivity index (χ1v) is 10.0. The van der Waals surface area contributed by atoms with E-state index >= 15 is 0 Å². The van der Waals surface area contributed by atoms with E-state index in [2.05, 4.69) is 0 Å². The summed E-state index contributed by atoms with van der Waals surface area (Å²) in [6, 6.07) is 17.1. The molecule has 5 heteroatoms. The van der Waals surface area contributed by atoms with E-state index in [1.165, 1.54) is 7.11 Å². The molecule has 5 nitrogen and oxygen atoms in total. The van der Waals surface area contributed by atoms with Crippen LogP contribution in [0.4, 0.5) is 0 Å². The van der Waals surface area contributed by atoms with Crippen molar-refractivity contribution < 1.29 is 23.9 Å². The second-order valence-corrected chi connectivity index (χ2v) is 7.88. The van der Waals surface area contributed by atoms with Crippen molar-refractivity contribution in [1.29, 1.82) is 0 Å². The molecule has 2 aromatic carbocycles. The molecule has 150 valence electrons. The van der Waals surface area contributed by atoms with E-state index in [1.54, 1.807) is 12.1 Å². The fraction of sp³-hybridized carbons (Fsp3) is 0.375. The lowest BCUT2D eigenvalue weighted by molar-refractivity contribution is -0.161. The lowest BCUT2D eigenvalue weighted by atomic mass is 9.79. The van der Waals surface area contributed by atoms with Gasteiger partial charge in [-0.1, -0.05) is 54.6 Å². The van der Waals surface area contributed by atoms with Gasteiger partial charge in [0.05, 0.1) is 18.9 Å². The maximum atomic E-state index is 12.7. The van der Waals surface area contributed by atoms with Crippen LogP contribution in [-0.2, 0) is 19.1 Å². The average Bonchev–Trinajstić information content (AvgIpc) is 3.39. The van der Waals surface area contributed by atoms with Crippen LogP contribution in [0.15, 0.2) is 54.6 Å². The summed E-state index contributed by atoms with van der Waals surface area (Å²) in [6.07, 6.45) is 2.72. The molecule has 0 heterocycles. The highest BCUT2D eigenvalue weighted by Crippen LogP contribution is 2.53. The third-order valence-electron chi connectivity index (χ3n) is 6.32. The Morgan fingerprint density at radius 2 is 1.41 bits per heavy atom. The van der Waals surface area contributed by atoms with Crippen LogP contribution >= 0.6 is 0 Å². The molecule has 0 aromatic heterocycles. The predicted molar refractivity (Wildman–Crippen MR) is 107 cm³/mol. The Hall–Kier alpha value is -2.95. The van der Waals surface area contributed by atoms with Crippen molar-refractivity contribution in [3.63, 3.8) is 0 Å². The molecule has 29 heavy (non-hydrogen) atoms. The van der Waals surface area contributed by atoms with E-state index in [0.717, 1.165) is 30.4 Å². The Labute approximate surface area is 170 Å². The summed E-state index contributed by atoms with van der Waals surface area (Å²) >= 11 is 0. The maximum Gasteiger partial charge on any atom is 0.310 e. The number of hydrogen-bond donors (Lipinski definition) is 0. The highest BCUT2D eigenvalue weighted by Gasteiger charge is 2.55. The van der Waals surface area contributed by atoms with Gasteiger partial charge < -0.3 is 9.47 Å². The second kappa shape index (κ2) is 8.19. The normalized spacial score (nSPS) is 24.9. The average molecular weight is 392 g/mol. The number of carbonyl (C=O) groups is 3. The van der Waals surface area contributed by atoms with Crippen LogP contribution in [-0.4, -0.2) is 31.4 Å². The Balaban J connectivity index is 1.38. The summed E-state index contributed by atoms with van der Waals surface area (Å²) in [5, 5.41) is 0.